The van der Waals surface area contributed by atoms with E-state index in [2.05, 4.69) is 17.6 Å². The molecule has 2 aromatic rings. The summed E-state index contributed by atoms with van der Waals surface area (Å²) in [6, 6.07) is 7.80. The van der Waals surface area contributed by atoms with E-state index in [1.54, 1.807) is 0 Å². The van der Waals surface area contributed by atoms with Crippen LogP contribution in [0, 0.1) is 0 Å². The number of para-hydroxylation sites is 2. The molecule has 3 nitrogen and oxygen atoms in total. The number of benzene rings is 1. The number of imidazole rings is 1. The summed E-state index contributed by atoms with van der Waals surface area (Å²) in [6.07, 6.45) is 0.482. The molecule has 2 rings (SSSR count). The van der Waals surface area contributed by atoms with Gasteiger partial charge in [0.2, 0.25) is 0 Å². The first-order valence-electron chi connectivity index (χ1n) is 5.37. The minimum Gasteiger partial charge on any atom is -0.321 e. The second kappa shape index (κ2) is 4.70. The molecule has 1 aromatic carbocycles. The van der Waals surface area contributed by atoms with Gasteiger partial charge in [-0.05, 0) is 12.1 Å². The molecule has 0 N–H and O–H groups in total. The summed E-state index contributed by atoms with van der Waals surface area (Å²) in [5.41, 5.74) is 1.88. The summed E-state index contributed by atoms with van der Waals surface area (Å²) in [7, 11) is 0. The van der Waals surface area contributed by atoms with E-state index in [-0.39, 0.29) is 5.78 Å². The molecule has 0 saturated carbocycles. The van der Waals surface area contributed by atoms with E-state index in [0.29, 0.717) is 24.5 Å². The largest absolute Gasteiger partial charge is 0.321 e. The fourth-order valence-corrected chi connectivity index (χ4v) is 1.97. The highest BCUT2D eigenvalue weighted by Gasteiger charge is 2.14. The minimum atomic E-state index is 0.0815. The van der Waals surface area contributed by atoms with Crippen molar-refractivity contribution in [2.45, 2.75) is 19.9 Å². The van der Waals surface area contributed by atoms with Gasteiger partial charge in [0.05, 0.1) is 11.0 Å². The van der Waals surface area contributed by atoms with Crippen LogP contribution in [0.4, 0.5) is 0 Å². The average molecular weight is 234 g/mol. The summed E-state index contributed by atoms with van der Waals surface area (Å²) in [5.74, 6) is 1.33. The molecule has 0 amide bonds. The van der Waals surface area contributed by atoms with E-state index in [9.17, 15) is 4.79 Å². The van der Waals surface area contributed by atoms with Gasteiger partial charge < -0.3 is 4.57 Å². The third-order valence-corrected chi connectivity index (χ3v) is 2.75. The maximum Gasteiger partial charge on any atom is 0.198 e. The van der Waals surface area contributed by atoms with Crippen molar-refractivity contribution in [1.29, 1.82) is 0 Å². The maximum absolute atomic E-state index is 11.8. The third kappa shape index (κ3) is 1.85. The van der Waals surface area contributed by atoms with E-state index in [0.717, 1.165) is 11.0 Å². The highest BCUT2D eigenvalue weighted by atomic mass is 32.1. The lowest BCUT2D eigenvalue weighted by Gasteiger charge is -2.05. The van der Waals surface area contributed by atoms with Gasteiger partial charge in [-0.1, -0.05) is 19.1 Å². The molecule has 0 fully saturated rings. The third-order valence-electron chi connectivity index (χ3n) is 2.55. The molecule has 0 radical (unpaired) electrons. The van der Waals surface area contributed by atoms with Crippen LogP contribution in [-0.2, 0) is 6.54 Å². The Morgan fingerprint density at radius 2 is 2.19 bits per heavy atom. The number of hydrogen-bond acceptors (Lipinski definition) is 3. The lowest BCUT2D eigenvalue weighted by molar-refractivity contribution is 0.0975. The molecule has 0 bridgehead atoms. The van der Waals surface area contributed by atoms with Crippen molar-refractivity contribution in [2.24, 2.45) is 0 Å². The van der Waals surface area contributed by atoms with Crippen molar-refractivity contribution in [3.05, 3.63) is 30.1 Å². The number of aryl methyl sites for hydroxylation is 1. The molecule has 0 aliphatic carbocycles. The van der Waals surface area contributed by atoms with Crippen LogP contribution < -0.4 is 0 Å². The van der Waals surface area contributed by atoms with Crippen molar-refractivity contribution in [3.63, 3.8) is 0 Å². The molecule has 4 heteroatoms. The van der Waals surface area contributed by atoms with Crippen LogP contribution >= 0.6 is 12.6 Å². The van der Waals surface area contributed by atoms with E-state index < -0.39 is 0 Å². The molecule has 0 unspecified atom stereocenters. The monoisotopic (exact) mass is 234 g/mol. The van der Waals surface area contributed by atoms with Gasteiger partial charge in [0.1, 0.15) is 0 Å². The molecular weight excluding hydrogens is 220 g/mol. The summed E-state index contributed by atoms with van der Waals surface area (Å²) >= 11 is 4.22. The van der Waals surface area contributed by atoms with Gasteiger partial charge in [0.25, 0.3) is 0 Å². The normalized spacial score (nSPS) is 10.9. The Labute approximate surface area is 99.9 Å². The first-order chi connectivity index (χ1) is 7.77. The quantitative estimate of drug-likeness (QED) is 0.651. The first kappa shape index (κ1) is 11.2. The Morgan fingerprint density at radius 3 is 2.88 bits per heavy atom. The van der Waals surface area contributed by atoms with Gasteiger partial charge in [-0.2, -0.15) is 12.6 Å². The standard InChI is InChI=1S/C12H14N2OS/c1-2-11(15)12-13-9-5-3-4-6-10(9)14(12)7-8-16/h3-6,16H,2,7-8H2,1H3. The average Bonchev–Trinajstić information content (AvgIpc) is 2.68. The zero-order valence-corrected chi connectivity index (χ0v) is 10.1. The Morgan fingerprint density at radius 1 is 1.44 bits per heavy atom. The fourth-order valence-electron chi connectivity index (χ4n) is 1.77. The van der Waals surface area contributed by atoms with Crippen LogP contribution in [0.3, 0.4) is 0 Å². The summed E-state index contributed by atoms with van der Waals surface area (Å²) in [6.45, 7) is 2.57. The highest BCUT2D eigenvalue weighted by molar-refractivity contribution is 7.80. The van der Waals surface area contributed by atoms with Crippen molar-refractivity contribution in [3.8, 4) is 0 Å². The molecule has 0 saturated heterocycles. The Hall–Kier alpha value is -1.29. The second-order valence-corrected chi connectivity index (χ2v) is 4.02. The van der Waals surface area contributed by atoms with Crippen molar-refractivity contribution in [2.75, 3.05) is 5.75 Å². The molecule has 84 valence electrons. The zero-order valence-electron chi connectivity index (χ0n) is 9.18. The second-order valence-electron chi connectivity index (χ2n) is 3.58. The topological polar surface area (TPSA) is 34.9 Å². The maximum atomic E-state index is 11.8. The van der Waals surface area contributed by atoms with Crippen LogP contribution in [0.1, 0.15) is 24.0 Å². The van der Waals surface area contributed by atoms with Crippen molar-refractivity contribution < 1.29 is 4.79 Å². The number of rotatable bonds is 4. The molecule has 0 aliphatic rings. The van der Waals surface area contributed by atoms with Crippen LogP contribution in [-0.4, -0.2) is 21.1 Å². The van der Waals surface area contributed by atoms with E-state index >= 15 is 0 Å². The van der Waals surface area contributed by atoms with E-state index in [1.165, 1.54) is 0 Å². The van der Waals surface area contributed by atoms with Crippen LogP contribution in [0.2, 0.25) is 0 Å². The number of fused-ring (bicyclic) bond motifs is 1. The van der Waals surface area contributed by atoms with Crippen LogP contribution in [0.25, 0.3) is 11.0 Å². The zero-order chi connectivity index (χ0) is 11.5. The van der Waals surface area contributed by atoms with Gasteiger partial charge in [-0.25, -0.2) is 4.98 Å². The molecule has 1 heterocycles. The number of hydrogen-bond donors (Lipinski definition) is 1. The summed E-state index contributed by atoms with van der Waals surface area (Å²) < 4.78 is 1.95. The van der Waals surface area contributed by atoms with Gasteiger partial charge in [0.15, 0.2) is 11.6 Å². The van der Waals surface area contributed by atoms with E-state index in [4.69, 9.17) is 0 Å². The number of aromatic nitrogens is 2. The molecule has 16 heavy (non-hydrogen) atoms. The molecule has 0 spiro atoms. The number of carbonyl (C=O) groups excluding carboxylic acids is 1. The molecule has 0 aliphatic heterocycles. The lowest BCUT2D eigenvalue weighted by atomic mass is 10.3. The predicted molar refractivity (Wildman–Crippen MR) is 68.2 cm³/mol. The molecule has 0 atom stereocenters. The van der Waals surface area contributed by atoms with Gasteiger partial charge in [-0.15, -0.1) is 0 Å². The predicted octanol–water partition coefficient (Wildman–Crippen LogP) is 2.56. The number of ketones is 1. The lowest BCUT2D eigenvalue weighted by Crippen LogP contribution is -2.10. The minimum absolute atomic E-state index is 0.0815. The van der Waals surface area contributed by atoms with E-state index in [1.807, 2.05) is 35.8 Å². The Balaban J connectivity index is 2.62. The number of Topliss-reactive ketones (excluding diaryl/α,β-unsaturated/α-hetero) is 1. The van der Waals surface area contributed by atoms with Gasteiger partial charge in [0, 0.05) is 18.7 Å². The first-order valence-corrected chi connectivity index (χ1v) is 6.00. The summed E-state index contributed by atoms with van der Waals surface area (Å²) in [4.78, 5) is 16.2. The van der Waals surface area contributed by atoms with Crippen molar-refractivity contribution in [1.82, 2.24) is 9.55 Å². The Bertz CT molecular complexity index is 519. The SMILES string of the molecule is CCC(=O)c1nc2ccccc2n1CCS. The fraction of sp³-hybridized carbons (Fsp3) is 0.333. The smallest absolute Gasteiger partial charge is 0.198 e. The van der Waals surface area contributed by atoms with Crippen LogP contribution in [0.15, 0.2) is 24.3 Å². The van der Waals surface area contributed by atoms with Crippen molar-refractivity contribution >= 4 is 29.4 Å². The van der Waals surface area contributed by atoms with Gasteiger partial charge >= 0.3 is 0 Å². The summed E-state index contributed by atoms with van der Waals surface area (Å²) in [5, 5.41) is 0. The number of thiol groups is 1. The molecule has 1 aromatic heterocycles. The highest BCUT2D eigenvalue weighted by Crippen LogP contribution is 2.17. The Kier molecular flexibility index (Phi) is 3.29. The number of nitrogens with zero attached hydrogens (tertiary/aromatic N) is 2. The molecular formula is C12H14N2OS. The van der Waals surface area contributed by atoms with Gasteiger partial charge in [-0.3, -0.25) is 4.79 Å². The number of carbonyl (C=O) groups is 1. The van der Waals surface area contributed by atoms with Crippen LogP contribution in [0.5, 0.6) is 0 Å².